The van der Waals surface area contributed by atoms with Crippen LogP contribution in [0.4, 0.5) is 0 Å². The highest BCUT2D eigenvalue weighted by Crippen LogP contribution is 2.27. The summed E-state index contributed by atoms with van der Waals surface area (Å²) in [6.07, 6.45) is 4.34. The van der Waals surface area contributed by atoms with Crippen LogP contribution in [0.2, 0.25) is 0 Å². The van der Waals surface area contributed by atoms with Gasteiger partial charge < -0.3 is 9.84 Å². The Bertz CT molecular complexity index is 604. The van der Waals surface area contributed by atoms with Crippen LogP contribution in [0.5, 0.6) is 0 Å². The minimum atomic E-state index is -1.72. The van der Waals surface area contributed by atoms with Crippen LogP contribution >= 0.6 is 0 Å². The van der Waals surface area contributed by atoms with Crippen molar-refractivity contribution in [3.05, 3.63) is 23.8 Å². The minimum Gasteiger partial charge on any atom is -0.444 e. The Kier molecular flexibility index (Phi) is 3.55. The van der Waals surface area contributed by atoms with Crippen molar-refractivity contribution in [2.75, 3.05) is 0 Å². The molecule has 2 aliphatic rings. The van der Waals surface area contributed by atoms with Gasteiger partial charge in [-0.15, -0.1) is 0 Å². The molecule has 4 nitrogen and oxygen atoms in total. The van der Waals surface area contributed by atoms with Crippen LogP contribution in [-0.4, -0.2) is 28.6 Å². The van der Waals surface area contributed by atoms with E-state index < -0.39 is 23.5 Å². The minimum absolute atomic E-state index is 0.195. The lowest BCUT2D eigenvalue weighted by Crippen LogP contribution is -2.43. The number of carbonyl (C=O) groups is 2. The molecule has 2 aliphatic carbocycles. The first-order valence-corrected chi connectivity index (χ1v) is 5.86. The van der Waals surface area contributed by atoms with Crippen LogP contribution in [0.1, 0.15) is 19.8 Å². The molecule has 2 atom stereocenters. The highest BCUT2D eigenvalue weighted by molar-refractivity contribution is 6.06. The van der Waals surface area contributed by atoms with Crippen LogP contribution in [0, 0.1) is 23.7 Å². The molecule has 0 aromatic heterocycles. The zero-order valence-electron chi connectivity index (χ0n) is 10.4. The Morgan fingerprint density at radius 3 is 2.95 bits per heavy atom. The molecule has 0 aromatic rings. The molecule has 0 spiro atoms. The van der Waals surface area contributed by atoms with Crippen molar-refractivity contribution in [3.63, 3.8) is 0 Å². The topological polar surface area (TPSA) is 63.6 Å². The summed E-state index contributed by atoms with van der Waals surface area (Å²) in [7, 11) is 0. The van der Waals surface area contributed by atoms with Crippen molar-refractivity contribution < 1.29 is 19.4 Å². The molecule has 0 aromatic carbocycles. The van der Waals surface area contributed by atoms with Crippen molar-refractivity contribution in [3.8, 4) is 23.7 Å². The summed E-state index contributed by atoms with van der Waals surface area (Å²) >= 11 is 0. The van der Waals surface area contributed by atoms with Gasteiger partial charge in [0.05, 0.1) is 0 Å². The molecule has 2 bridgehead atoms. The van der Waals surface area contributed by atoms with Crippen molar-refractivity contribution in [2.24, 2.45) is 0 Å². The lowest BCUT2D eigenvalue weighted by atomic mass is 9.81. The first kappa shape index (κ1) is 13.1. The Morgan fingerprint density at radius 2 is 2.21 bits per heavy atom. The van der Waals surface area contributed by atoms with E-state index in [9.17, 15) is 14.7 Å². The second-order valence-electron chi connectivity index (χ2n) is 4.27. The van der Waals surface area contributed by atoms with Gasteiger partial charge in [0.2, 0.25) is 5.78 Å². The van der Waals surface area contributed by atoms with Crippen molar-refractivity contribution in [1.82, 2.24) is 0 Å². The third kappa shape index (κ3) is 2.76. The van der Waals surface area contributed by atoms with E-state index in [1.807, 2.05) is 0 Å². The van der Waals surface area contributed by atoms with E-state index in [0.717, 1.165) is 0 Å². The number of aliphatic hydroxyl groups is 1. The Morgan fingerprint density at radius 1 is 1.47 bits per heavy atom. The zero-order chi connectivity index (χ0) is 13.9. The second-order valence-corrected chi connectivity index (χ2v) is 4.27. The fourth-order valence-electron chi connectivity index (χ4n) is 1.93. The maximum absolute atomic E-state index is 12.3. The second kappa shape index (κ2) is 5.14. The molecular weight excluding hydrogens is 244 g/mol. The first-order valence-electron chi connectivity index (χ1n) is 5.86. The molecule has 19 heavy (non-hydrogen) atoms. The summed E-state index contributed by atoms with van der Waals surface area (Å²) in [5, 5.41) is 10.3. The fraction of sp³-hybridized carbons (Fsp3) is 0.333. The van der Waals surface area contributed by atoms with Gasteiger partial charge in [-0.05, 0) is 30.9 Å². The quantitative estimate of drug-likeness (QED) is 0.548. The number of ether oxygens (including phenoxy) is 1. The molecule has 0 radical (unpaired) electrons. The summed E-state index contributed by atoms with van der Waals surface area (Å²) in [5.74, 6) is 9.40. The summed E-state index contributed by atoms with van der Waals surface area (Å²) in [4.78, 5) is 23.3. The van der Waals surface area contributed by atoms with E-state index in [0.29, 0.717) is 6.42 Å². The molecule has 0 saturated heterocycles. The Labute approximate surface area is 111 Å². The number of hydrogen-bond donors (Lipinski definition) is 1. The van der Waals surface area contributed by atoms with Gasteiger partial charge in [0.25, 0.3) is 0 Å². The monoisotopic (exact) mass is 256 g/mol. The van der Waals surface area contributed by atoms with Gasteiger partial charge in [-0.3, -0.25) is 9.59 Å². The lowest BCUT2D eigenvalue weighted by molar-refractivity contribution is -0.143. The molecule has 1 N–H and O–H groups in total. The summed E-state index contributed by atoms with van der Waals surface area (Å²) in [6.45, 7) is 1.25. The van der Waals surface area contributed by atoms with E-state index in [2.05, 4.69) is 23.7 Å². The molecule has 2 unspecified atom stereocenters. The molecule has 0 amide bonds. The average molecular weight is 256 g/mol. The summed E-state index contributed by atoms with van der Waals surface area (Å²) in [5.41, 5.74) is -1.52. The lowest BCUT2D eigenvalue weighted by Gasteiger charge is -2.27. The molecule has 4 heteroatoms. The van der Waals surface area contributed by atoms with Crippen LogP contribution < -0.4 is 0 Å². The smallest absolute Gasteiger partial charge is 0.304 e. The third-order valence-electron chi connectivity index (χ3n) is 2.82. The SMILES string of the molecule is CC(=O)OC1C#C/C=C/C#CC2(O)CCC=C1C2=O. The molecule has 0 saturated carbocycles. The molecule has 0 aliphatic heterocycles. The van der Waals surface area contributed by atoms with E-state index in [4.69, 9.17) is 4.74 Å². The molecular formula is C15H12O4. The van der Waals surface area contributed by atoms with Gasteiger partial charge in [-0.2, -0.15) is 0 Å². The van der Waals surface area contributed by atoms with Crippen molar-refractivity contribution in [2.45, 2.75) is 31.5 Å². The van der Waals surface area contributed by atoms with Crippen molar-refractivity contribution in [1.29, 1.82) is 0 Å². The van der Waals surface area contributed by atoms with Crippen LogP contribution in [0.3, 0.4) is 0 Å². The Hall–Kier alpha value is -2.30. The number of fused-ring (bicyclic) bond motifs is 2. The van der Waals surface area contributed by atoms with Gasteiger partial charge in [0.1, 0.15) is 0 Å². The summed E-state index contributed by atoms with van der Waals surface area (Å²) in [6, 6.07) is 0. The number of rotatable bonds is 1. The van der Waals surface area contributed by atoms with Gasteiger partial charge in [0, 0.05) is 12.5 Å². The normalized spacial score (nSPS) is 29.9. The van der Waals surface area contributed by atoms with Crippen LogP contribution in [-0.2, 0) is 14.3 Å². The van der Waals surface area contributed by atoms with E-state index >= 15 is 0 Å². The third-order valence-corrected chi connectivity index (χ3v) is 2.82. The van der Waals surface area contributed by atoms with Crippen molar-refractivity contribution >= 4 is 11.8 Å². The Balaban J connectivity index is 2.48. The maximum Gasteiger partial charge on any atom is 0.304 e. The molecule has 0 heterocycles. The van der Waals surface area contributed by atoms with Crippen LogP contribution in [0.15, 0.2) is 23.8 Å². The highest BCUT2D eigenvalue weighted by Gasteiger charge is 2.41. The number of hydrogen-bond acceptors (Lipinski definition) is 4. The number of Topliss-reactive ketones (excluding diaryl/α,β-unsaturated/α-hetero) is 1. The average Bonchev–Trinajstić information content (AvgIpc) is 2.34. The number of carbonyl (C=O) groups excluding carboxylic acids is 2. The largest absolute Gasteiger partial charge is 0.444 e. The van der Waals surface area contributed by atoms with Crippen LogP contribution in [0.25, 0.3) is 0 Å². The van der Waals surface area contributed by atoms with Gasteiger partial charge >= 0.3 is 5.97 Å². The van der Waals surface area contributed by atoms with E-state index in [1.165, 1.54) is 19.1 Å². The number of allylic oxidation sites excluding steroid dienone is 3. The highest BCUT2D eigenvalue weighted by atomic mass is 16.5. The van der Waals surface area contributed by atoms with E-state index in [-0.39, 0.29) is 12.0 Å². The van der Waals surface area contributed by atoms with Gasteiger partial charge in [-0.25, -0.2) is 0 Å². The maximum atomic E-state index is 12.3. The van der Waals surface area contributed by atoms with Gasteiger partial charge in [0.15, 0.2) is 11.7 Å². The molecule has 0 fully saturated rings. The predicted octanol–water partition coefficient (Wildman–Crippen LogP) is 0.515. The molecule has 2 rings (SSSR count). The summed E-state index contributed by atoms with van der Waals surface area (Å²) < 4.78 is 5.03. The molecule has 96 valence electrons. The zero-order valence-corrected chi connectivity index (χ0v) is 10.4. The van der Waals surface area contributed by atoms with Gasteiger partial charge in [-0.1, -0.05) is 23.8 Å². The fourth-order valence-corrected chi connectivity index (χ4v) is 1.93. The first-order chi connectivity index (χ1) is 9.03. The number of esters is 1. The van der Waals surface area contributed by atoms with E-state index in [1.54, 1.807) is 6.08 Å². The standard InChI is InChI=1S/C15H12O4/c1-11(16)19-13-8-4-2-3-5-9-15(18)10-6-7-12(13)14(15)17/h2-3,7,13,18H,6,10H2,1H3/b3-2+. The predicted molar refractivity (Wildman–Crippen MR) is 67.5 cm³/mol. The number of ketones is 1.